The van der Waals surface area contributed by atoms with Crippen LogP contribution in [0.2, 0.25) is 0 Å². The second-order valence-corrected chi connectivity index (χ2v) is 4.37. The number of halogens is 1. The second kappa shape index (κ2) is 5.55. The van der Waals surface area contributed by atoms with E-state index in [2.05, 4.69) is 9.97 Å². The number of aromatic nitrogens is 2. The van der Waals surface area contributed by atoms with Crippen molar-refractivity contribution in [1.29, 1.82) is 5.26 Å². The third kappa shape index (κ3) is 2.51. The Morgan fingerprint density at radius 3 is 2.95 bits per heavy atom. The van der Waals surface area contributed by atoms with E-state index in [4.69, 9.17) is 10.00 Å². The number of nitrogens with zero attached hydrogens (tertiary/aromatic N) is 3. The van der Waals surface area contributed by atoms with Crippen LogP contribution in [0.3, 0.4) is 0 Å². The van der Waals surface area contributed by atoms with Gasteiger partial charge in [0.05, 0.1) is 11.1 Å². The minimum absolute atomic E-state index is 0.00111. The van der Waals surface area contributed by atoms with E-state index in [0.29, 0.717) is 22.4 Å². The molecule has 21 heavy (non-hydrogen) atoms. The van der Waals surface area contributed by atoms with E-state index < -0.39 is 0 Å². The van der Waals surface area contributed by atoms with Crippen LogP contribution < -0.4 is 4.74 Å². The van der Waals surface area contributed by atoms with E-state index in [1.807, 2.05) is 12.1 Å². The molecular formula is C16H10FN3O. The Bertz CT molecular complexity index is 842. The molecule has 2 heterocycles. The lowest BCUT2D eigenvalue weighted by molar-refractivity contribution is 0.300. The fourth-order valence-electron chi connectivity index (χ4n) is 2.06. The molecule has 0 bridgehead atoms. The molecule has 102 valence electrons. The number of rotatable bonds is 3. The molecule has 0 radical (unpaired) electrons. The first-order valence-corrected chi connectivity index (χ1v) is 6.28. The Balaban J connectivity index is 1.96. The Morgan fingerprint density at radius 2 is 2.10 bits per heavy atom. The van der Waals surface area contributed by atoms with Gasteiger partial charge in [0.1, 0.15) is 29.8 Å². The van der Waals surface area contributed by atoms with Crippen molar-refractivity contribution in [3.63, 3.8) is 0 Å². The molecule has 0 unspecified atom stereocenters. The molecule has 0 aliphatic carbocycles. The average molecular weight is 279 g/mol. The largest absolute Gasteiger partial charge is 0.487 e. The first-order chi connectivity index (χ1) is 10.3. The number of nitriles is 1. The predicted octanol–water partition coefficient (Wildman–Crippen LogP) is 3.22. The quantitative estimate of drug-likeness (QED) is 0.738. The molecule has 0 aliphatic heterocycles. The molecule has 3 aromatic rings. The van der Waals surface area contributed by atoms with Gasteiger partial charge in [0.2, 0.25) is 0 Å². The lowest BCUT2D eigenvalue weighted by Gasteiger charge is -2.10. The van der Waals surface area contributed by atoms with Gasteiger partial charge in [-0.15, -0.1) is 0 Å². The third-order valence-electron chi connectivity index (χ3n) is 3.10. The van der Waals surface area contributed by atoms with Crippen molar-refractivity contribution >= 4 is 10.9 Å². The summed E-state index contributed by atoms with van der Waals surface area (Å²) in [5.41, 5.74) is 1.24. The molecule has 0 N–H and O–H groups in total. The molecule has 3 rings (SSSR count). The molecule has 2 aromatic heterocycles. The SMILES string of the molecule is N#Cc1cnccc1OCc1c(F)ccc2cccnc12. The Kier molecular flexibility index (Phi) is 3.44. The van der Waals surface area contributed by atoms with Gasteiger partial charge in [-0.3, -0.25) is 9.97 Å². The van der Waals surface area contributed by atoms with Gasteiger partial charge in [0, 0.05) is 24.0 Å². The zero-order valence-electron chi connectivity index (χ0n) is 11.0. The average Bonchev–Trinajstić information content (AvgIpc) is 2.54. The van der Waals surface area contributed by atoms with Crippen molar-refractivity contribution in [2.24, 2.45) is 0 Å². The number of hydrogen-bond acceptors (Lipinski definition) is 4. The molecule has 0 saturated heterocycles. The summed E-state index contributed by atoms with van der Waals surface area (Å²) in [5, 5.41) is 9.83. The third-order valence-corrected chi connectivity index (χ3v) is 3.10. The van der Waals surface area contributed by atoms with Crippen LogP contribution in [0.15, 0.2) is 48.9 Å². The van der Waals surface area contributed by atoms with Crippen molar-refractivity contribution in [2.75, 3.05) is 0 Å². The summed E-state index contributed by atoms with van der Waals surface area (Å²) in [7, 11) is 0. The van der Waals surface area contributed by atoms with Crippen LogP contribution in [-0.2, 0) is 6.61 Å². The van der Waals surface area contributed by atoms with Gasteiger partial charge in [-0.2, -0.15) is 5.26 Å². The van der Waals surface area contributed by atoms with Crippen LogP contribution >= 0.6 is 0 Å². The minimum atomic E-state index is -0.381. The van der Waals surface area contributed by atoms with E-state index >= 15 is 0 Å². The van der Waals surface area contributed by atoms with Crippen molar-refractivity contribution in [1.82, 2.24) is 9.97 Å². The molecule has 4 nitrogen and oxygen atoms in total. The summed E-state index contributed by atoms with van der Waals surface area (Å²) in [6.07, 6.45) is 4.54. The fourth-order valence-corrected chi connectivity index (χ4v) is 2.06. The normalized spacial score (nSPS) is 10.3. The lowest BCUT2D eigenvalue weighted by atomic mass is 10.1. The van der Waals surface area contributed by atoms with Crippen LogP contribution in [-0.4, -0.2) is 9.97 Å². The van der Waals surface area contributed by atoms with Gasteiger partial charge in [0.15, 0.2) is 0 Å². The molecule has 0 aliphatic rings. The zero-order chi connectivity index (χ0) is 14.7. The highest BCUT2D eigenvalue weighted by Crippen LogP contribution is 2.23. The minimum Gasteiger partial charge on any atom is -0.487 e. The zero-order valence-corrected chi connectivity index (χ0v) is 11.0. The molecule has 1 aromatic carbocycles. The molecule has 0 fully saturated rings. The number of benzene rings is 1. The summed E-state index contributed by atoms with van der Waals surface area (Å²) in [4.78, 5) is 8.05. The molecule has 0 spiro atoms. The van der Waals surface area contributed by atoms with E-state index in [0.717, 1.165) is 5.39 Å². The number of ether oxygens (including phenoxy) is 1. The van der Waals surface area contributed by atoms with E-state index in [-0.39, 0.29) is 12.4 Å². The van der Waals surface area contributed by atoms with Crippen molar-refractivity contribution in [3.05, 3.63) is 65.9 Å². The monoisotopic (exact) mass is 279 g/mol. The first kappa shape index (κ1) is 13.0. The number of hydrogen-bond donors (Lipinski definition) is 0. The molecular weight excluding hydrogens is 269 g/mol. The maximum atomic E-state index is 14.0. The van der Waals surface area contributed by atoms with Gasteiger partial charge in [-0.25, -0.2) is 4.39 Å². The summed E-state index contributed by atoms with van der Waals surface area (Å²) < 4.78 is 19.6. The van der Waals surface area contributed by atoms with Crippen LogP contribution in [0.25, 0.3) is 10.9 Å². The lowest BCUT2D eigenvalue weighted by Crippen LogP contribution is -2.02. The van der Waals surface area contributed by atoms with Gasteiger partial charge in [0.25, 0.3) is 0 Å². The van der Waals surface area contributed by atoms with Crippen LogP contribution in [0.4, 0.5) is 4.39 Å². The maximum absolute atomic E-state index is 14.0. The van der Waals surface area contributed by atoms with E-state index in [1.165, 1.54) is 18.5 Å². The molecule has 0 amide bonds. The topological polar surface area (TPSA) is 58.8 Å². The highest BCUT2D eigenvalue weighted by Gasteiger charge is 2.11. The Labute approximate surface area is 120 Å². The summed E-state index contributed by atoms with van der Waals surface area (Å²) >= 11 is 0. The highest BCUT2D eigenvalue weighted by molar-refractivity contribution is 5.81. The molecule has 5 heteroatoms. The maximum Gasteiger partial charge on any atom is 0.140 e. The van der Waals surface area contributed by atoms with Crippen LogP contribution in [0.5, 0.6) is 5.75 Å². The Morgan fingerprint density at radius 1 is 1.19 bits per heavy atom. The molecule has 0 saturated carbocycles. The van der Waals surface area contributed by atoms with E-state index in [9.17, 15) is 4.39 Å². The number of pyridine rings is 2. The van der Waals surface area contributed by atoms with Crippen LogP contribution in [0, 0.1) is 17.1 Å². The van der Waals surface area contributed by atoms with E-state index in [1.54, 1.807) is 24.4 Å². The van der Waals surface area contributed by atoms with Crippen LogP contribution in [0.1, 0.15) is 11.1 Å². The smallest absolute Gasteiger partial charge is 0.140 e. The first-order valence-electron chi connectivity index (χ1n) is 6.28. The summed E-state index contributed by atoms with van der Waals surface area (Å²) in [6.45, 7) is -0.00111. The van der Waals surface area contributed by atoms with Gasteiger partial charge in [-0.1, -0.05) is 6.07 Å². The Hall–Kier alpha value is -3.00. The van der Waals surface area contributed by atoms with Gasteiger partial charge >= 0.3 is 0 Å². The number of fused-ring (bicyclic) bond motifs is 1. The molecule has 0 atom stereocenters. The van der Waals surface area contributed by atoms with Gasteiger partial charge in [-0.05, 0) is 24.3 Å². The van der Waals surface area contributed by atoms with Crippen molar-refractivity contribution < 1.29 is 9.13 Å². The highest BCUT2D eigenvalue weighted by atomic mass is 19.1. The predicted molar refractivity (Wildman–Crippen MR) is 75.0 cm³/mol. The van der Waals surface area contributed by atoms with Gasteiger partial charge < -0.3 is 4.74 Å². The van der Waals surface area contributed by atoms with Crippen molar-refractivity contribution in [2.45, 2.75) is 6.61 Å². The second-order valence-electron chi connectivity index (χ2n) is 4.37. The standard InChI is InChI=1S/C16H10FN3O/c17-14-4-3-11-2-1-6-20-16(11)13(14)10-21-15-5-7-19-9-12(15)8-18/h1-7,9H,10H2. The summed E-state index contributed by atoms with van der Waals surface area (Å²) in [5.74, 6) is -0.00593. The van der Waals surface area contributed by atoms with Crippen molar-refractivity contribution in [3.8, 4) is 11.8 Å². The fraction of sp³-hybridized carbons (Fsp3) is 0.0625. The summed E-state index contributed by atoms with van der Waals surface area (Å²) in [6, 6.07) is 10.3.